The minimum atomic E-state index is -4.53. The number of sulfone groups is 1. The zero-order chi connectivity index (χ0) is 18.5. The average molecular weight is 425 g/mol. The number of nitrogens with one attached hydrogen (secondary N) is 1. The van der Waals surface area contributed by atoms with Crippen molar-refractivity contribution in [3.63, 3.8) is 0 Å². The van der Waals surface area contributed by atoms with E-state index in [0.29, 0.717) is 4.47 Å². The summed E-state index contributed by atoms with van der Waals surface area (Å²) in [6.45, 7) is 3.39. The van der Waals surface area contributed by atoms with Gasteiger partial charge in [0.15, 0.2) is 9.84 Å². The molecule has 1 aliphatic heterocycles. The Morgan fingerprint density at radius 1 is 1.38 bits per heavy atom. The molecule has 1 aromatic carbocycles. The zero-order valence-electron chi connectivity index (χ0n) is 13.0. The summed E-state index contributed by atoms with van der Waals surface area (Å²) < 4.78 is 52.8. The Hall–Kier alpha value is -1.55. The van der Waals surface area contributed by atoms with Crippen molar-refractivity contribution in [1.29, 1.82) is 0 Å². The van der Waals surface area contributed by atoms with Crippen molar-refractivity contribution < 1.29 is 27.1 Å². The maximum Gasteiger partial charge on any atom is 0.410 e. The van der Waals surface area contributed by atoms with E-state index in [-0.39, 0.29) is 5.56 Å². The lowest BCUT2D eigenvalue weighted by atomic mass is 9.92. The number of hydrogen-bond donors (Lipinski definition) is 2. The number of hydrogen-bond acceptors (Lipinski definition) is 4. The fraction of sp³-hybridized carbons (Fsp3) is 0.429. The van der Waals surface area contributed by atoms with E-state index in [1.165, 1.54) is 12.1 Å². The number of aliphatic imine (C=N–C) groups is 1. The largest absolute Gasteiger partial charge is 0.465 e. The van der Waals surface area contributed by atoms with Crippen LogP contribution in [0.4, 0.5) is 13.6 Å². The highest BCUT2D eigenvalue weighted by atomic mass is 79.9. The van der Waals surface area contributed by atoms with Gasteiger partial charge in [0.1, 0.15) is 21.9 Å². The van der Waals surface area contributed by atoms with E-state index in [1.807, 2.05) is 5.32 Å². The number of carboxylic acid groups (broad SMARTS) is 1. The van der Waals surface area contributed by atoms with Crippen LogP contribution in [0.2, 0.25) is 0 Å². The topological polar surface area (TPSA) is 95.8 Å². The first-order chi connectivity index (χ1) is 10.8. The summed E-state index contributed by atoms with van der Waals surface area (Å²) in [5.74, 6) is -1.32. The van der Waals surface area contributed by atoms with Crippen LogP contribution in [0.15, 0.2) is 27.7 Å². The highest BCUT2D eigenvalue weighted by Gasteiger charge is 2.58. The minimum absolute atomic E-state index is 0.298. The van der Waals surface area contributed by atoms with Crippen molar-refractivity contribution in [3.05, 3.63) is 34.1 Å². The summed E-state index contributed by atoms with van der Waals surface area (Å²) in [6.07, 6.45) is -1.55. The molecule has 24 heavy (non-hydrogen) atoms. The number of carbonyl (C=O) groups is 1. The molecule has 0 saturated heterocycles. The monoisotopic (exact) mass is 424 g/mol. The molecule has 10 heteroatoms. The Bertz CT molecular complexity index is 841. The van der Waals surface area contributed by atoms with Crippen molar-refractivity contribution in [3.8, 4) is 0 Å². The molecule has 2 rings (SSSR count). The van der Waals surface area contributed by atoms with E-state index in [4.69, 9.17) is 5.11 Å². The van der Waals surface area contributed by atoms with Gasteiger partial charge in [-0.25, -0.2) is 22.0 Å². The minimum Gasteiger partial charge on any atom is -0.465 e. The molecule has 0 aromatic heterocycles. The Morgan fingerprint density at radius 2 is 1.96 bits per heavy atom. The second-order valence-corrected chi connectivity index (χ2v) is 9.47. The first-order valence-corrected chi connectivity index (χ1v) is 9.11. The smallest absolute Gasteiger partial charge is 0.410 e. The lowest BCUT2D eigenvalue weighted by molar-refractivity contribution is 0.199. The Balaban J connectivity index is 2.81. The molecule has 132 valence electrons. The van der Waals surface area contributed by atoms with E-state index in [0.717, 1.165) is 26.8 Å². The van der Waals surface area contributed by atoms with Crippen LogP contribution in [0.1, 0.15) is 26.3 Å². The fourth-order valence-corrected chi connectivity index (χ4v) is 4.49. The van der Waals surface area contributed by atoms with Crippen LogP contribution in [-0.4, -0.2) is 35.7 Å². The van der Waals surface area contributed by atoms with E-state index in [1.54, 1.807) is 0 Å². The summed E-state index contributed by atoms with van der Waals surface area (Å²) in [6, 6.07) is 3.64. The lowest BCUT2D eigenvalue weighted by Gasteiger charge is -2.41. The number of amides is 1. The normalized spacial score (nSPS) is 28.1. The molecule has 0 spiro atoms. The Labute approximate surface area is 146 Å². The summed E-state index contributed by atoms with van der Waals surface area (Å²) >= 11 is 3.12. The maximum absolute atomic E-state index is 15.0. The summed E-state index contributed by atoms with van der Waals surface area (Å²) in [5.41, 5.74) is -4.99. The number of halogens is 3. The van der Waals surface area contributed by atoms with Gasteiger partial charge < -0.3 is 5.11 Å². The Morgan fingerprint density at radius 3 is 2.50 bits per heavy atom. The quantitative estimate of drug-likeness (QED) is 0.723. The van der Waals surface area contributed by atoms with E-state index >= 15 is 0 Å². The number of rotatable bonds is 1. The van der Waals surface area contributed by atoms with Crippen molar-refractivity contribution in [2.45, 2.75) is 36.6 Å². The third kappa shape index (κ3) is 2.71. The highest BCUT2D eigenvalue weighted by Crippen LogP contribution is 2.44. The van der Waals surface area contributed by atoms with Crippen molar-refractivity contribution in [1.82, 2.24) is 5.32 Å². The second kappa shape index (κ2) is 5.76. The van der Waals surface area contributed by atoms with Crippen LogP contribution >= 0.6 is 15.9 Å². The van der Waals surface area contributed by atoms with E-state index < -0.39 is 43.4 Å². The molecule has 1 heterocycles. The first-order valence-electron chi connectivity index (χ1n) is 6.77. The van der Waals surface area contributed by atoms with Crippen LogP contribution in [-0.2, 0) is 15.4 Å². The molecule has 0 radical (unpaired) electrons. The van der Waals surface area contributed by atoms with Gasteiger partial charge in [0, 0.05) is 10.0 Å². The molecular weight excluding hydrogens is 410 g/mol. The van der Waals surface area contributed by atoms with Crippen LogP contribution in [0, 0.1) is 5.82 Å². The molecule has 1 aliphatic rings. The van der Waals surface area contributed by atoms with Crippen molar-refractivity contribution in [2.24, 2.45) is 4.99 Å². The second-order valence-electron chi connectivity index (χ2n) is 6.03. The van der Waals surface area contributed by atoms with Gasteiger partial charge in [0.2, 0.25) is 5.50 Å². The van der Waals surface area contributed by atoms with Gasteiger partial charge in [-0.05, 0) is 39.0 Å². The van der Waals surface area contributed by atoms with E-state index in [9.17, 15) is 22.0 Å². The molecule has 2 N–H and O–H groups in total. The van der Waals surface area contributed by atoms with Gasteiger partial charge in [0.25, 0.3) is 0 Å². The predicted molar refractivity (Wildman–Crippen MR) is 87.9 cm³/mol. The predicted octanol–water partition coefficient (Wildman–Crippen LogP) is 2.97. The van der Waals surface area contributed by atoms with E-state index in [2.05, 4.69) is 20.9 Å². The summed E-state index contributed by atoms with van der Waals surface area (Å²) in [7, 11) is -4.53. The SMILES string of the molecule is CC1(C)C(NC(=O)O)=N[C@](C)(c2cc(Br)ccc2F)[C@@H](F)S1(=O)=O. The average Bonchev–Trinajstić information content (AvgIpc) is 2.46. The maximum atomic E-state index is 15.0. The van der Waals surface area contributed by atoms with Gasteiger partial charge in [-0.15, -0.1) is 0 Å². The standard InChI is InChI=1S/C14H15BrF2N2O4S/c1-13(2)11(18-12(20)21)19-14(3,10(17)24(13,22)23)8-6-7(15)4-5-9(8)16/h4-6,10H,1-3H3,(H,18,19)(H,20,21)/t10-,14+/m0/s1. The van der Waals surface area contributed by atoms with Crippen molar-refractivity contribution in [2.75, 3.05) is 0 Å². The molecule has 2 atom stereocenters. The number of benzene rings is 1. The summed E-state index contributed by atoms with van der Waals surface area (Å²) in [5, 5.41) is 10.8. The van der Waals surface area contributed by atoms with Crippen LogP contribution in [0.5, 0.6) is 0 Å². The van der Waals surface area contributed by atoms with Crippen LogP contribution < -0.4 is 5.32 Å². The van der Waals surface area contributed by atoms with Gasteiger partial charge in [-0.1, -0.05) is 15.9 Å². The lowest BCUT2D eigenvalue weighted by Crippen LogP contribution is -2.60. The third-order valence-electron chi connectivity index (χ3n) is 4.04. The number of amidine groups is 1. The molecule has 1 aromatic rings. The fourth-order valence-electron chi connectivity index (χ4n) is 2.46. The first kappa shape index (κ1) is 18.8. The van der Waals surface area contributed by atoms with Gasteiger partial charge in [-0.3, -0.25) is 10.3 Å². The molecular formula is C14H15BrF2N2O4S. The van der Waals surface area contributed by atoms with Crippen molar-refractivity contribution >= 4 is 37.7 Å². The molecule has 1 amide bonds. The third-order valence-corrected chi connectivity index (χ3v) is 7.15. The molecule has 0 aliphatic carbocycles. The molecule has 0 saturated carbocycles. The molecule has 6 nitrogen and oxygen atoms in total. The number of alkyl halides is 1. The van der Waals surface area contributed by atoms with Gasteiger partial charge in [-0.2, -0.15) is 0 Å². The Kier molecular flexibility index (Phi) is 4.51. The van der Waals surface area contributed by atoms with Gasteiger partial charge in [0.05, 0.1) is 0 Å². The molecule has 0 unspecified atom stereocenters. The van der Waals surface area contributed by atoms with Crippen LogP contribution in [0.3, 0.4) is 0 Å². The van der Waals surface area contributed by atoms with Crippen LogP contribution in [0.25, 0.3) is 0 Å². The van der Waals surface area contributed by atoms with Gasteiger partial charge >= 0.3 is 6.09 Å². The zero-order valence-corrected chi connectivity index (χ0v) is 15.4. The molecule has 0 bridgehead atoms. The summed E-state index contributed by atoms with van der Waals surface area (Å²) in [4.78, 5) is 14.9. The molecule has 0 fully saturated rings. The highest BCUT2D eigenvalue weighted by molar-refractivity contribution is 9.10. The number of nitrogens with zero attached hydrogens (tertiary/aromatic N) is 1.